The van der Waals surface area contributed by atoms with Crippen LogP contribution in [0, 0.1) is 19.8 Å². The average molecular weight is 539 g/mol. The number of hydrogen-bond donors (Lipinski definition) is 0. The molecule has 0 spiro atoms. The van der Waals surface area contributed by atoms with Gasteiger partial charge in [0.05, 0.1) is 19.3 Å². The molecule has 0 N–H and O–H groups in total. The maximum absolute atomic E-state index is 5.95. The molecule has 210 valence electrons. The molecule has 5 nitrogen and oxygen atoms in total. The minimum Gasteiger partial charge on any atom is -0.496 e. The van der Waals surface area contributed by atoms with E-state index in [0.717, 1.165) is 58.0 Å². The zero-order chi connectivity index (χ0) is 29.0. The van der Waals surface area contributed by atoms with Crippen molar-refractivity contribution < 1.29 is 4.74 Å². The number of nitrogens with zero attached hydrogens (tertiary/aromatic N) is 4. The van der Waals surface area contributed by atoms with Crippen molar-refractivity contribution in [2.24, 2.45) is 10.9 Å². The molecule has 0 saturated heterocycles. The monoisotopic (exact) mass is 538 g/mol. The number of aryl methyl sites for hydroxylation is 2. The molecule has 0 bridgehead atoms. The quantitative estimate of drug-likeness (QED) is 0.228. The fourth-order valence-electron chi connectivity index (χ4n) is 4.40. The maximum atomic E-state index is 5.95. The van der Waals surface area contributed by atoms with Crippen LogP contribution in [0.25, 0.3) is 0 Å². The van der Waals surface area contributed by atoms with Gasteiger partial charge in [-0.2, -0.15) is 0 Å². The number of aliphatic imine (C=N–C) groups is 1. The van der Waals surface area contributed by atoms with Gasteiger partial charge < -0.3 is 14.2 Å². The summed E-state index contributed by atoms with van der Waals surface area (Å²) in [5.41, 5.74) is 5.52. The summed E-state index contributed by atoms with van der Waals surface area (Å²) in [5.74, 6) is 2.32. The van der Waals surface area contributed by atoms with Crippen molar-refractivity contribution in [2.75, 3.05) is 27.7 Å². The summed E-state index contributed by atoms with van der Waals surface area (Å²) in [6, 6.07) is 4.50. The second-order valence-corrected chi connectivity index (χ2v) is 13.6. The van der Waals surface area contributed by atoms with Crippen LogP contribution in [0.15, 0.2) is 47.1 Å². The lowest BCUT2D eigenvalue weighted by Crippen LogP contribution is -2.23. The van der Waals surface area contributed by atoms with Gasteiger partial charge in [-0.05, 0) is 54.1 Å². The summed E-state index contributed by atoms with van der Waals surface area (Å²) in [5, 5.41) is 0.990. The molecule has 2 rings (SSSR count). The molecule has 0 fully saturated rings. The molecule has 1 aromatic heterocycles. The number of likely N-dealkylation sites (N-methyl/N-ethyl adjacent to an activating group) is 1. The highest BCUT2D eigenvalue weighted by Gasteiger charge is 2.28. The Bertz CT molecular complexity index is 1140. The van der Waals surface area contributed by atoms with E-state index < -0.39 is 0 Å². The molecule has 0 aliphatic heterocycles. The fraction of sp³-hybridized carbons (Fsp3) is 0.562. The molecular weight excluding hydrogens is 488 g/mol. The predicted molar refractivity (Wildman–Crippen MR) is 167 cm³/mol. The number of thioether (sulfide) groups is 1. The minimum absolute atomic E-state index is 0.0594. The molecule has 1 unspecified atom stereocenters. The highest BCUT2D eigenvalue weighted by Crippen LogP contribution is 2.42. The van der Waals surface area contributed by atoms with E-state index in [1.807, 2.05) is 20.9 Å². The highest BCUT2D eigenvalue weighted by atomic mass is 32.2. The molecular formula is C32H50N4OS. The smallest absolute Gasteiger partial charge is 0.126 e. The van der Waals surface area contributed by atoms with Crippen LogP contribution in [0.1, 0.15) is 83.1 Å². The van der Waals surface area contributed by atoms with E-state index in [9.17, 15) is 0 Å². The normalized spacial score (nSPS) is 13.4. The summed E-state index contributed by atoms with van der Waals surface area (Å²) in [6.07, 6.45) is 3.07. The predicted octanol–water partition coefficient (Wildman–Crippen LogP) is 7.90. The Morgan fingerprint density at radius 1 is 1.11 bits per heavy atom. The molecule has 0 amide bonds. The van der Waals surface area contributed by atoms with Crippen molar-refractivity contribution in [1.29, 1.82) is 0 Å². The van der Waals surface area contributed by atoms with Crippen LogP contribution in [0.2, 0.25) is 0 Å². The summed E-state index contributed by atoms with van der Waals surface area (Å²) in [4.78, 5) is 12.6. The third-order valence-corrected chi connectivity index (χ3v) is 8.30. The second kappa shape index (κ2) is 12.6. The van der Waals surface area contributed by atoms with E-state index in [1.165, 1.54) is 11.1 Å². The number of hydrogen-bond acceptors (Lipinski definition) is 5. The Morgan fingerprint density at radius 3 is 2.08 bits per heavy atom. The van der Waals surface area contributed by atoms with Gasteiger partial charge >= 0.3 is 0 Å². The topological polar surface area (TPSA) is 42.6 Å². The molecule has 0 radical (unpaired) electrons. The van der Waals surface area contributed by atoms with Crippen LogP contribution in [-0.4, -0.2) is 47.2 Å². The summed E-state index contributed by atoms with van der Waals surface area (Å²) in [6.45, 7) is 30.1. The Kier molecular flexibility index (Phi) is 10.5. The van der Waals surface area contributed by atoms with Crippen molar-refractivity contribution in [3.63, 3.8) is 0 Å². The van der Waals surface area contributed by atoms with Gasteiger partial charge in [0.15, 0.2) is 0 Å². The third-order valence-electron chi connectivity index (χ3n) is 7.02. The van der Waals surface area contributed by atoms with Gasteiger partial charge in [0, 0.05) is 49.2 Å². The molecule has 2 aromatic rings. The number of ether oxygens (including phenoxy) is 1. The van der Waals surface area contributed by atoms with Gasteiger partial charge in [-0.15, -0.1) is 0 Å². The molecule has 1 aromatic carbocycles. The zero-order valence-corrected chi connectivity index (χ0v) is 26.8. The molecule has 6 heteroatoms. The molecule has 1 heterocycles. The number of allylic oxidation sites excluding steroid dienone is 2. The van der Waals surface area contributed by atoms with E-state index >= 15 is 0 Å². The van der Waals surface area contributed by atoms with E-state index in [-0.39, 0.29) is 10.8 Å². The van der Waals surface area contributed by atoms with Crippen LogP contribution in [0.4, 0.5) is 0 Å². The van der Waals surface area contributed by atoms with Crippen molar-refractivity contribution in [1.82, 2.24) is 14.5 Å². The fourth-order valence-corrected chi connectivity index (χ4v) is 5.29. The van der Waals surface area contributed by atoms with Gasteiger partial charge in [0.25, 0.3) is 0 Å². The Morgan fingerprint density at radius 2 is 1.66 bits per heavy atom. The van der Waals surface area contributed by atoms with E-state index in [0.29, 0.717) is 5.92 Å². The summed E-state index contributed by atoms with van der Waals surface area (Å²) >= 11 is 1.69. The number of rotatable bonds is 10. The standard InChI is InChI=1S/C32H50N4OS/c1-21(15-16-35(13)23(3)20-36-19-22(2)34-25(36)5)24(4)38-30(33-12)26-17-27(31(6,7)8)29(37-14)28(18-26)32(9,10)11/h17-19,21H,3-4,15-16,20H2,1-2,5-14H3/b33-30-. The van der Waals surface area contributed by atoms with Crippen molar-refractivity contribution in [3.05, 3.63) is 70.3 Å². The number of aromatic nitrogens is 2. The lowest BCUT2D eigenvalue weighted by Gasteiger charge is -2.30. The Balaban J connectivity index is 2.16. The molecule has 0 aliphatic carbocycles. The van der Waals surface area contributed by atoms with Gasteiger partial charge in [0.2, 0.25) is 0 Å². The maximum Gasteiger partial charge on any atom is 0.126 e. The molecule has 0 saturated carbocycles. The zero-order valence-electron chi connectivity index (χ0n) is 26.0. The lowest BCUT2D eigenvalue weighted by atomic mass is 9.78. The summed E-state index contributed by atoms with van der Waals surface area (Å²) < 4.78 is 8.11. The SMILES string of the molecule is C=C(S/C(=N\C)c1cc(C(C)(C)C)c(OC)c(C(C)(C)C)c1)C(C)CCN(C)C(=C)Cn1cc(C)nc1C. The first kappa shape index (κ1) is 31.7. The van der Waals surface area contributed by atoms with E-state index in [4.69, 9.17) is 9.73 Å². The van der Waals surface area contributed by atoms with Gasteiger partial charge in [-0.1, -0.05) is 73.4 Å². The molecule has 38 heavy (non-hydrogen) atoms. The molecule has 1 atom stereocenters. The second-order valence-electron chi connectivity index (χ2n) is 12.4. The van der Waals surface area contributed by atoms with Crippen LogP contribution < -0.4 is 4.74 Å². The van der Waals surface area contributed by atoms with Crippen molar-refractivity contribution in [3.8, 4) is 5.75 Å². The highest BCUT2D eigenvalue weighted by molar-refractivity contribution is 8.17. The first-order valence-electron chi connectivity index (χ1n) is 13.5. The largest absolute Gasteiger partial charge is 0.496 e. The number of benzene rings is 1. The van der Waals surface area contributed by atoms with E-state index in [1.54, 1.807) is 18.9 Å². The van der Waals surface area contributed by atoms with Crippen LogP contribution >= 0.6 is 11.8 Å². The van der Waals surface area contributed by atoms with Gasteiger partial charge in [-0.3, -0.25) is 4.99 Å². The average Bonchev–Trinajstić information content (AvgIpc) is 3.14. The number of imidazole rings is 1. The van der Waals surface area contributed by atoms with Gasteiger partial charge in [0.1, 0.15) is 16.6 Å². The van der Waals surface area contributed by atoms with Crippen molar-refractivity contribution >= 4 is 16.8 Å². The lowest BCUT2D eigenvalue weighted by molar-refractivity contribution is 0.367. The Hall–Kier alpha value is -2.47. The third kappa shape index (κ3) is 8.02. The van der Waals surface area contributed by atoms with Crippen LogP contribution in [0.5, 0.6) is 5.75 Å². The summed E-state index contributed by atoms with van der Waals surface area (Å²) in [7, 11) is 5.76. The first-order chi connectivity index (χ1) is 17.5. The first-order valence-corrected chi connectivity index (χ1v) is 14.3. The van der Waals surface area contributed by atoms with E-state index in [2.05, 4.69) is 101 Å². The Labute approximate surface area is 236 Å². The van der Waals surface area contributed by atoms with Crippen LogP contribution in [0.3, 0.4) is 0 Å². The number of methoxy groups -OCH3 is 1. The minimum atomic E-state index is -0.0594. The molecule has 0 aliphatic rings. The van der Waals surface area contributed by atoms with Crippen LogP contribution in [-0.2, 0) is 17.4 Å². The van der Waals surface area contributed by atoms with Crippen molar-refractivity contribution in [2.45, 2.75) is 86.1 Å². The van der Waals surface area contributed by atoms with Gasteiger partial charge in [-0.25, -0.2) is 4.98 Å².